The van der Waals surface area contributed by atoms with Crippen molar-refractivity contribution in [2.24, 2.45) is 0 Å². The van der Waals surface area contributed by atoms with Gasteiger partial charge in [-0.25, -0.2) is 0 Å². The van der Waals surface area contributed by atoms with Crippen molar-refractivity contribution in [1.82, 2.24) is 0 Å². The molecule has 0 heterocycles. The van der Waals surface area contributed by atoms with Gasteiger partial charge in [-0.2, -0.15) is 0 Å². The van der Waals surface area contributed by atoms with E-state index in [2.05, 4.69) is 64.8 Å². The van der Waals surface area contributed by atoms with Gasteiger partial charge in [0.25, 0.3) is 0 Å². The predicted molar refractivity (Wildman–Crippen MR) is 91.3 cm³/mol. The molecule has 0 amide bonds. The molecule has 0 bridgehead atoms. The topological polar surface area (TPSA) is 0 Å². The van der Waals surface area contributed by atoms with Crippen LogP contribution in [0.1, 0.15) is 41.5 Å². The monoisotopic (exact) mass is 280 g/mol. The highest BCUT2D eigenvalue weighted by atomic mass is 28.3. The fraction of sp³-hybridized carbons (Fsp3) is 0.750. The van der Waals surface area contributed by atoms with Crippen LogP contribution >= 0.6 is 0 Å². The molecule has 0 aliphatic rings. The minimum absolute atomic E-state index is 1.11. The second kappa shape index (κ2) is 8.77. The molecule has 0 rings (SSSR count). The van der Waals surface area contributed by atoms with Crippen molar-refractivity contribution in [3.8, 4) is 11.5 Å². The standard InChI is InChI=1S/C16H32Si2/c1-7-17(8-2,9-3)15-13-14-16-18(10-4,11-5)12-6/h13,15H,7-12H2,1-6H3/b15-13+. The molecule has 0 unspecified atom stereocenters. The van der Waals surface area contributed by atoms with Crippen molar-refractivity contribution < 1.29 is 0 Å². The van der Waals surface area contributed by atoms with Crippen LogP contribution in [0.4, 0.5) is 0 Å². The van der Waals surface area contributed by atoms with Crippen LogP contribution in [-0.2, 0) is 0 Å². The average Bonchev–Trinajstić information content (AvgIpc) is 2.45. The zero-order valence-corrected chi connectivity index (χ0v) is 15.4. The van der Waals surface area contributed by atoms with Gasteiger partial charge in [-0.1, -0.05) is 71.3 Å². The average molecular weight is 281 g/mol. The third-order valence-electron chi connectivity index (χ3n) is 5.00. The Labute approximate surface area is 117 Å². The van der Waals surface area contributed by atoms with Crippen LogP contribution in [0.3, 0.4) is 0 Å². The Kier molecular flexibility index (Phi) is 8.64. The molecule has 0 aromatic heterocycles. The Bertz CT molecular complexity index is 282. The van der Waals surface area contributed by atoms with E-state index in [1.54, 1.807) is 0 Å². The van der Waals surface area contributed by atoms with Crippen molar-refractivity contribution in [3.63, 3.8) is 0 Å². The Morgan fingerprint density at radius 3 is 1.50 bits per heavy atom. The molecule has 0 aromatic carbocycles. The summed E-state index contributed by atoms with van der Waals surface area (Å²) in [4.78, 5) is 0. The molecule has 0 aromatic rings. The smallest absolute Gasteiger partial charge is 0.127 e. The van der Waals surface area contributed by atoms with Gasteiger partial charge in [0.15, 0.2) is 0 Å². The summed E-state index contributed by atoms with van der Waals surface area (Å²) in [5, 5.41) is 0. The van der Waals surface area contributed by atoms with Crippen LogP contribution in [0.25, 0.3) is 0 Å². The summed E-state index contributed by atoms with van der Waals surface area (Å²) in [5.41, 5.74) is 6.15. The molecule has 0 radical (unpaired) electrons. The fourth-order valence-electron chi connectivity index (χ4n) is 2.53. The van der Waals surface area contributed by atoms with Crippen LogP contribution in [0, 0.1) is 11.5 Å². The van der Waals surface area contributed by atoms with E-state index in [-0.39, 0.29) is 0 Å². The first-order valence-electron chi connectivity index (χ1n) is 7.77. The number of hydrogen-bond acceptors (Lipinski definition) is 0. The van der Waals surface area contributed by atoms with Crippen molar-refractivity contribution in [2.75, 3.05) is 0 Å². The summed E-state index contributed by atoms with van der Waals surface area (Å²) in [5.74, 6) is 3.40. The van der Waals surface area contributed by atoms with E-state index < -0.39 is 16.1 Å². The molecule has 0 saturated heterocycles. The lowest BCUT2D eigenvalue weighted by atomic mass is 10.7. The molecule has 0 spiro atoms. The van der Waals surface area contributed by atoms with E-state index in [1.807, 2.05) is 0 Å². The minimum Gasteiger partial charge on any atom is -0.127 e. The van der Waals surface area contributed by atoms with Crippen LogP contribution in [0.5, 0.6) is 0 Å². The van der Waals surface area contributed by atoms with E-state index in [4.69, 9.17) is 0 Å². The highest BCUT2D eigenvalue weighted by molar-refractivity contribution is 6.87. The maximum Gasteiger partial charge on any atom is 0.138 e. The summed E-state index contributed by atoms with van der Waals surface area (Å²) >= 11 is 0. The van der Waals surface area contributed by atoms with Crippen molar-refractivity contribution in [3.05, 3.63) is 11.8 Å². The second-order valence-electron chi connectivity index (χ2n) is 5.37. The van der Waals surface area contributed by atoms with Gasteiger partial charge in [-0.05, 0) is 24.2 Å². The molecule has 0 fully saturated rings. The Morgan fingerprint density at radius 1 is 0.722 bits per heavy atom. The summed E-state index contributed by atoms with van der Waals surface area (Å²) in [6.07, 6.45) is 2.20. The number of rotatable bonds is 7. The van der Waals surface area contributed by atoms with Gasteiger partial charge in [0.2, 0.25) is 0 Å². The van der Waals surface area contributed by atoms with Gasteiger partial charge in [-0.3, -0.25) is 0 Å². The van der Waals surface area contributed by atoms with E-state index >= 15 is 0 Å². The molecular formula is C16H32Si2. The van der Waals surface area contributed by atoms with Gasteiger partial charge in [0, 0.05) is 0 Å². The van der Waals surface area contributed by atoms with E-state index in [0.29, 0.717) is 0 Å². The third-order valence-corrected chi connectivity index (χ3v) is 14.8. The molecule has 0 aliphatic heterocycles. The molecule has 18 heavy (non-hydrogen) atoms. The Balaban J connectivity index is 4.84. The zero-order valence-electron chi connectivity index (χ0n) is 13.4. The van der Waals surface area contributed by atoms with Gasteiger partial charge < -0.3 is 0 Å². The summed E-state index contributed by atoms with van der Waals surface area (Å²) < 4.78 is 0. The number of allylic oxidation sites excluding steroid dienone is 1. The van der Waals surface area contributed by atoms with Gasteiger partial charge in [-0.15, -0.1) is 5.54 Å². The first-order chi connectivity index (χ1) is 8.57. The molecule has 0 aliphatic carbocycles. The van der Waals surface area contributed by atoms with Gasteiger partial charge in [0.05, 0.1) is 8.07 Å². The maximum atomic E-state index is 3.65. The zero-order chi connectivity index (χ0) is 14.1. The van der Waals surface area contributed by atoms with E-state index in [1.165, 1.54) is 36.3 Å². The number of hydrogen-bond donors (Lipinski definition) is 0. The Hall–Kier alpha value is -0.266. The first kappa shape index (κ1) is 17.7. The summed E-state index contributed by atoms with van der Waals surface area (Å²) in [6.45, 7) is 14.0. The van der Waals surface area contributed by atoms with Gasteiger partial charge >= 0.3 is 0 Å². The first-order valence-corrected chi connectivity index (χ1v) is 13.1. The molecule has 0 atom stereocenters. The largest absolute Gasteiger partial charge is 0.138 e. The molecular weight excluding hydrogens is 248 g/mol. The van der Waals surface area contributed by atoms with Gasteiger partial charge in [0.1, 0.15) is 8.07 Å². The molecule has 0 nitrogen and oxygen atoms in total. The quantitative estimate of drug-likeness (QED) is 0.418. The fourth-order valence-corrected chi connectivity index (χ4v) is 7.60. The lowest BCUT2D eigenvalue weighted by Crippen LogP contribution is -2.29. The minimum atomic E-state index is -1.24. The van der Waals surface area contributed by atoms with Crippen LogP contribution < -0.4 is 0 Å². The van der Waals surface area contributed by atoms with Crippen LogP contribution in [0.2, 0.25) is 36.3 Å². The Morgan fingerprint density at radius 2 is 1.17 bits per heavy atom. The normalized spacial score (nSPS) is 12.6. The van der Waals surface area contributed by atoms with Crippen molar-refractivity contribution in [1.29, 1.82) is 0 Å². The van der Waals surface area contributed by atoms with E-state index in [9.17, 15) is 0 Å². The predicted octanol–water partition coefficient (Wildman–Crippen LogP) is 5.64. The molecule has 0 saturated carbocycles. The summed E-state index contributed by atoms with van der Waals surface area (Å²) in [6, 6.07) is 7.98. The SMILES string of the molecule is CC[Si](C#C/C=C/[Si](CC)(CC)CC)(CC)CC. The summed E-state index contributed by atoms with van der Waals surface area (Å²) in [7, 11) is -2.35. The van der Waals surface area contributed by atoms with Crippen molar-refractivity contribution in [2.45, 2.75) is 77.8 Å². The third kappa shape index (κ3) is 4.78. The lowest BCUT2D eigenvalue weighted by molar-refractivity contribution is 1.19. The molecule has 0 N–H and O–H groups in total. The molecule has 104 valence electrons. The molecule has 2 heteroatoms. The van der Waals surface area contributed by atoms with Crippen molar-refractivity contribution >= 4 is 16.1 Å². The second-order valence-corrected chi connectivity index (χ2v) is 15.5. The highest BCUT2D eigenvalue weighted by Crippen LogP contribution is 2.21. The van der Waals surface area contributed by atoms with E-state index in [0.717, 1.165) is 0 Å². The highest BCUT2D eigenvalue weighted by Gasteiger charge is 2.24. The lowest BCUT2D eigenvalue weighted by Gasteiger charge is -2.23. The van der Waals surface area contributed by atoms with Crippen LogP contribution in [0.15, 0.2) is 11.8 Å². The maximum absolute atomic E-state index is 3.65. The van der Waals surface area contributed by atoms with Crippen LogP contribution in [-0.4, -0.2) is 16.1 Å².